The molecule has 0 aliphatic carbocycles. The number of piperidine rings is 1. The van der Waals surface area contributed by atoms with E-state index in [2.05, 4.69) is 5.32 Å². The summed E-state index contributed by atoms with van der Waals surface area (Å²) in [5.74, 6) is -0.821. The number of carboxylic acid groups (broad SMARTS) is 1. The normalized spacial score (nSPS) is 36.7. The average Bonchev–Trinajstić information content (AvgIpc) is 2.71. The lowest BCUT2D eigenvalue weighted by Gasteiger charge is -2.37. The minimum absolute atomic E-state index is 0.00597. The van der Waals surface area contributed by atoms with E-state index in [0.29, 0.717) is 13.1 Å². The first-order valence-electron chi connectivity index (χ1n) is 6.70. The lowest BCUT2D eigenvalue weighted by molar-refractivity contribution is -0.154. The van der Waals surface area contributed by atoms with Crippen LogP contribution in [-0.2, 0) is 9.59 Å². The van der Waals surface area contributed by atoms with Gasteiger partial charge in [0.15, 0.2) is 0 Å². The molecule has 3 atom stereocenters. The first-order valence-corrected chi connectivity index (χ1v) is 6.70. The number of aliphatic carboxylic acids is 1. The molecule has 2 rings (SSSR count). The van der Waals surface area contributed by atoms with E-state index in [9.17, 15) is 14.7 Å². The summed E-state index contributed by atoms with van der Waals surface area (Å²) in [6, 6.07) is -0.642. The zero-order chi connectivity index (χ0) is 13.3. The topological polar surface area (TPSA) is 69.6 Å². The molecule has 2 fully saturated rings. The lowest BCUT2D eigenvalue weighted by atomic mass is 9.81. The molecule has 5 heteroatoms. The van der Waals surface area contributed by atoms with E-state index >= 15 is 0 Å². The second-order valence-corrected chi connectivity index (χ2v) is 5.89. The van der Waals surface area contributed by atoms with Crippen molar-refractivity contribution in [3.8, 4) is 0 Å². The van der Waals surface area contributed by atoms with Crippen LogP contribution in [0.3, 0.4) is 0 Å². The third-order valence-electron chi connectivity index (χ3n) is 4.33. The largest absolute Gasteiger partial charge is 0.480 e. The molecule has 1 amide bonds. The number of hydrogen-bond donors (Lipinski definition) is 2. The fourth-order valence-corrected chi connectivity index (χ4v) is 3.14. The predicted molar refractivity (Wildman–Crippen MR) is 67.1 cm³/mol. The summed E-state index contributed by atoms with van der Waals surface area (Å²) < 4.78 is 0. The number of likely N-dealkylation sites (tertiary alicyclic amines) is 1. The van der Waals surface area contributed by atoms with Crippen molar-refractivity contribution in [3.05, 3.63) is 0 Å². The van der Waals surface area contributed by atoms with Crippen molar-refractivity contribution in [2.75, 3.05) is 19.6 Å². The summed E-state index contributed by atoms with van der Waals surface area (Å²) >= 11 is 0. The molecule has 102 valence electrons. The highest BCUT2D eigenvalue weighted by Crippen LogP contribution is 2.33. The monoisotopic (exact) mass is 254 g/mol. The van der Waals surface area contributed by atoms with Gasteiger partial charge in [-0.05, 0) is 38.6 Å². The van der Waals surface area contributed by atoms with E-state index in [1.54, 1.807) is 4.90 Å². The maximum atomic E-state index is 12.6. The molecule has 2 aliphatic rings. The molecule has 0 aromatic carbocycles. The Morgan fingerprint density at radius 3 is 2.72 bits per heavy atom. The molecule has 0 radical (unpaired) electrons. The number of rotatable bonds is 2. The summed E-state index contributed by atoms with van der Waals surface area (Å²) in [5.41, 5.74) is -0.435. The molecule has 5 nitrogen and oxygen atoms in total. The van der Waals surface area contributed by atoms with Crippen molar-refractivity contribution in [1.82, 2.24) is 10.2 Å². The minimum Gasteiger partial charge on any atom is -0.480 e. The van der Waals surface area contributed by atoms with E-state index in [1.165, 1.54) is 0 Å². The van der Waals surface area contributed by atoms with Crippen LogP contribution < -0.4 is 5.32 Å². The Morgan fingerprint density at radius 2 is 2.17 bits per heavy atom. The Kier molecular flexibility index (Phi) is 3.61. The molecule has 2 aliphatic heterocycles. The molecule has 3 unspecified atom stereocenters. The molecule has 18 heavy (non-hydrogen) atoms. The fourth-order valence-electron chi connectivity index (χ4n) is 3.14. The molecule has 0 aromatic heterocycles. The third-order valence-corrected chi connectivity index (χ3v) is 4.33. The molecule has 0 aromatic rings. The maximum Gasteiger partial charge on any atom is 0.326 e. The lowest BCUT2D eigenvalue weighted by Crippen LogP contribution is -2.53. The Labute approximate surface area is 108 Å². The number of carbonyl (C=O) groups excluding carboxylic acids is 1. The highest BCUT2D eigenvalue weighted by Gasteiger charge is 2.46. The standard InChI is InChI=1S/C13H22N2O3/c1-9-4-7-15(10(9)11(16)17)12(18)13(2)5-3-6-14-8-13/h9-10,14H,3-8H2,1-2H3,(H,16,17). The summed E-state index contributed by atoms with van der Waals surface area (Å²) in [6.07, 6.45) is 2.60. The molecular weight excluding hydrogens is 232 g/mol. The second kappa shape index (κ2) is 4.88. The van der Waals surface area contributed by atoms with Gasteiger partial charge in [-0.25, -0.2) is 4.79 Å². The number of amides is 1. The first kappa shape index (κ1) is 13.3. The number of hydrogen-bond acceptors (Lipinski definition) is 3. The highest BCUT2D eigenvalue weighted by atomic mass is 16.4. The van der Waals surface area contributed by atoms with Crippen LogP contribution in [0.1, 0.15) is 33.1 Å². The van der Waals surface area contributed by atoms with Crippen LogP contribution >= 0.6 is 0 Å². The van der Waals surface area contributed by atoms with E-state index in [0.717, 1.165) is 25.8 Å². The third kappa shape index (κ3) is 2.23. The Bertz CT molecular complexity index is 350. The van der Waals surface area contributed by atoms with Crippen LogP contribution in [0.4, 0.5) is 0 Å². The van der Waals surface area contributed by atoms with Crippen LogP contribution in [0, 0.1) is 11.3 Å². The van der Waals surface area contributed by atoms with Gasteiger partial charge in [0.25, 0.3) is 0 Å². The van der Waals surface area contributed by atoms with E-state index in [1.807, 2.05) is 13.8 Å². The smallest absolute Gasteiger partial charge is 0.326 e. The zero-order valence-corrected chi connectivity index (χ0v) is 11.1. The Balaban J connectivity index is 2.15. The highest BCUT2D eigenvalue weighted by molar-refractivity contribution is 5.88. The van der Waals surface area contributed by atoms with E-state index in [-0.39, 0.29) is 11.8 Å². The molecule has 0 bridgehead atoms. The van der Waals surface area contributed by atoms with Crippen molar-refractivity contribution in [2.45, 2.75) is 39.2 Å². The number of carbonyl (C=O) groups is 2. The van der Waals surface area contributed by atoms with Gasteiger partial charge in [-0.15, -0.1) is 0 Å². The van der Waals surface area contributed by atoms with Crippen molar-refractivity contribution >= 4 is 11.9 Å². The average molecular weight is 254 g/mol. The summed E-state index contributed by atoms with van der Waals surface area (Å²) in [6.45, 7) is 6.04. The number of carboxylic acids is 1. The summed E-state index contributed by atoms with van der Waals surface area (Å²) in [5, 5.41) is 12.5. The Morgan fingerprint density at radius 1 is 1.44 bits per heavy atom. The molecular formula is C13H22N2O3. The van der Waals surface area contributed by atoms with Crippen LogP contribution in [0.2, 0.25) is 0 Å². The predicted octanol–water partition coefficient (Wildman–Crippen LogP) is 0.698. The van der Waals surface area contributed by atoms with Gasteiger partial charge in [-0.3, -0.25) is 4.79 Å². The van der Waals surface area contributed by atoms with Gasteiger partial charge in [-0.2, -0.15) is 0 Å². The van der Waals surface area contributed by atoms with Crippen LogP contribution in [-0.4, -0.2) is 47.6 Å². The number of nitrogens with zero attached hydrogens (tertiary/aromatic N) is 1. The van der Waals surface area contributed by atoms with Gasteiger partial charge < -0.3 is 15.3 Å². The van der Waals surface area contributed by atoms with Crippen LogP contribution in [0.25, 0.3) is 0 Å². The molecule has 2 saturated heterocycles. The van der Waals surface area contributed by atoms with Crippen molar-refractivity contribution in [2.24, 2.45) is 11.3 Å². The van der Waals surface area contributed by atoms with Crippen molar-refractivity contribution in [3.63, 3.8) is 0 Å². The quantitative estimate of drug-likeness (QED) is 0.761. The van der Waals surface area contributed by atoms with Gasteiger partial charge in [0, 0.05) is 13.1 Å². The minimum atomic E-state index is -0.874. The van der Waals surface area contributed by atoms with Gasteiger partial charge >= 0.3 is 5.97 Å². The van der Waals surface area contributed by atoms with E-state index < -0.39 is 17.4 Å². The van der Waals surface area contributed by atoms with Crippen LogP contribution in [0.15, 0.2) is 0 Å². The molecule has 0 spiro atoms. The second-order valence-electron chi connectivity index (χ2n) is 5.89. The fraction of sp³-hybridized carbons (Fsp3) is 0.846. The Hall–Kier alpha value is -1.10. The zero-order valence-electron chi connectivity index (χ0n) is 11.1. The van der Waals surface area contributed by atoms with E-state index in [4.69, 9.17) is 0 Å². The summed E-state index contributed by atoms with van der Waals surface area (Å²) in [7, 11) is 0. The maximum absolute atomic E-state index is 12.6. The van der Waals surface area contributed by atoms with Crippen LogP contribution in [0.5, 0.6) is 0 Å². The van der Waals surface area contributed by atoms with Crippen molar-refractivity contribution in [1.29, 1.82) is 0 Å². The van der Waals surface area contributed by atoms with Crippen molar-refractivity contribution < 1.29 is 14.7 Å². The van der Waals surface area contributed by atoms with Gasteiger partial charge in [0.2, 0.25) is 5.91 Å². The molecule has 2 N–H and O–H groups in total. The van der Waals surface area contributed by atoms with Gasteiger partial charge in [0.1, 0.15) is 6.04 Å². The van der Waals surface area contributed by atoms with Gasteiger partial charge in [0.05, 0.1) is 5.41 Å². The summed E-state index contributed by atoms with van der Waals surface area (Å²) in [4.78, 5) is 25.5. The first-order chi connectivity index (χ1) is 8.46. The molecule has 2 heterocycles. The number of nitrogens with one attached hydrogen (secondary N) is 1. The van der Waals surface area contributed by atoms with Gasteiger partial charge in [-0.1, -0.05) is 6.92 Å². The molecule has 0 saturated carbocycles. The SMILES string of the molecule is CC1CCN(C(=O)C2(C)CCCNC2)C1C(=O)O.